The lowest BCUT2D eigenvalue weighted by Gasteiger charge is -2.12. The van der Waals surface area contributed by atoms with Gasteiger partial charge in [-0.15, -0.1) is 0 Å². The second-order valence-corrected chi connectivity index (χ2v) is 7.48. The van der Waals surface area contributed by atoms with Crippen LogP contribution in [0.1, 0.15) is 0 Å². The number of pyridine rings is 2. The molecule has 0 amide bonds. The van der Waals surface area contributed by atoms with Crippen molar-refractivity contribution >= 4 is 54.8 Å². The zero-order valence-corrected chi connectivity index (χ0v) is 17.4. The molecule has 8 heteroatoms. The Morgan fingerprint density at radius 2 is 1.69 bits per heavy atom. The zero-order chi connectivity index (χ0) is 22.1. The first-order chi connectivity index (χ1) is 15.5. The van der Waals surface area contributed by atoms with Gasteiger partial charge in [0.25, 0.3) is 5.56 Å². The fraction of sp³-hybridized carbons (Fsp3) is 0.125. The first-order valence-corrected chi connectivity index (χ1v) is 9.85. The summed E-state index contributed by atoms with van der Waals surface area (Å²) in [5.41, 5.74) is 1.25. The molecule has 0 saturated carbocycles. The highest BCUT2D eigenvalue weighted by Gasteiger charge is 2.24. The van der Waals surface area contributed by atoms with Crippen LogP contribution in [0.25, 0.3) is 54.8 Å². The lowest BCUT2D eigenvalue weighted by molar-refractivity contribution is 0.402. The first kappa shape index (κ1) is 18.4. The second kappa shape index (κ2) is 6.34. The highest BCUT2D eigenvalue weighted by atomic mass is 16.5. The largest absolute Gasteiger partial charge is 0.495 e. The van der Waals surface area contributed by atoms with Crippen molar-refractivity contribution in [3.63, 3.8) is 0 Å². The Hall–Kier alpha value is -4.33. The molecule has 0 aliphatic heterocycles. The Morgan fingerprint density at radius 3 is 2.47 bits per heavy atom. The molecule has 0 fully saturated rings. The zero-order valence-electron chi connectivity index (χ0n) is 17.4. The van der Waals surface area contributed by atoms with Crippen LogP contribution in [0.4, 0.5) is 0 Å². The van der Waals surface area contributed by atoms with Crippen molar-refractivity contribution in [3.05, 3.63) is 63.2 Å². The van der Waals surface area contributed by atoms with E-state index in [-0.39, 0.29) is 38.8 Å². The molecule has 2 aromatic carbocycles. The number of aryl methyl sites for hydroxylation is 1. The molecule has 6 rings (SSSR count). The number of fused-ring (bicyclic) bond motifs is 6. The summed E-state index contributed by atoms with van der Waals surface area (Å²) in [5.74, 6) is 0.585. The third-order valence-electron chi connectivity index (χ3n) is 5.90. The van der Waals surface area contributed by atoms with Crippen LogP contribution in [0.5, 0.6) is 11.5 Å². The van der Waals surface area contributed by atoms with Crippen LogP contribution in [-0.2, 0) is 7.05 Å². The van der Waals surface area contributed by atoms with Gasteiger partial charge in [-0.1, -0.05) is 18.2 Å². The standard InChI is InChI=1S/C24H16N2O6/c1-26-15-7-5-4-6-11(15)17-13(24(26)28)10-14-18(27)16-19(29-2)12-8-9-31-20(12)22(30-3)21(16)32-23(14)25-17/h4-10H,1-3H3. The predicted octanol–water partition coefficient (Wildman–Crippen LogP) is 4.11. The number of hydrogen-bond donors (Lipinski definition) is 0. The van der Waals surface area contributed by atoms with Crippen LogP contribution in [0.15, 0.2) is 61.1 Å². The van der Waals surface area contributed by atoms with Gasteiger partial charge in [-0.2, -0.15) is 0 Å². The van der Waals surface area contributed by atoms with Crippen molar-refractivity contribution in [2.24, 2.45) is 7.05 Å². The first-order valence-electron chi connectivity index (χ1n) is 9.85. The number of nitrogens with zero attached hydrogens (tertiary/aromatic N) is 2. The fourth-order valence-electron chi connectivity index (χ4n) is 4.41. The van der Waals surface area contributed by atoms with Gasteiger partial charge >= 0.3 is 0 Å². The van der Waals surface area contributed by atoms with Gasteiger partial charge < -0.3 is 22.9 Å². The maximum absolute atomic E-state index is 13.6. The summed E-state index contributed by atoms with van der Waals surface area (Å²) in [4.78, 5) is 31.3. The summed E-state index contributed by atoms with van der Waals surface area (Å²) >= 11 is 0. The summed E-state index contributed by atoms with van der Waals surface area (Å²) in [6.07, 6.45) is 1.49. The number of hydrogen-bond acceptors (Lipinski definition) is 7. The smallest absolute Gasteiger partial charge is 0.260 e. The molecule has 0 saturated heterocycles. The second-order valence-electron chi connectivity index (χ2n) is 7.48. The molecule has 0 spiro atoms. The molecular weight excluding hydrogens is 412 g/mol. The Bertz CT molecular complexity index is 1860. The molecule has 0 atom stereocenters. The molecule has 0 radical (unpaired) electrons. The van der Waals surface area contributed by atoms with Crippen molar-refractivity contribution in [1.82, 2.24) is 9.55 Å². The Labute approximate surface area is 179 Å². The third kappa shape index (κ3) is 2.18. The Balaban J connectivity index is 1.90. The van der Waals surface area contributed by atoms with E-state index in [1.807, 2.05) is 24.3 Å². The van der Waals surface area contributed by atoms with Gasteiger partial charge in [-0.05, 0) is 18.2 Å². The monoisotopic (exact) mass is 428 g/mol. The summed E-state index contributed by atoms with van der Waals surface area (Å²) in [6.45, 7) is 0. The summed E-state index contributed by atoms with van der Waals surface area (Å²) in [5, 5.41) is 2.07. The molecule has 0 unspecified atom stereocenters. The molecule has 0 bridgehead atoms. The Kier molecular flexibility index (Phi) is 3.65. The summed E-state index contributed by atoms with van der Waals surface area (Å²) < 4.78 is 24.3. The van der Waals surface area contributed by atoms with Crippen LogP contribution in [0, 0.1) is 0 Å². The molecule has 6 aromatic rings. The van der Waals surface area contributed by atoms with Crippen molar-refractivity contribution in [1.29, 1.82) is 0 Å². The van der Waals surface area contributed by atoms with Crippen molar-refractivity contribution < 1.29 is 18.3 Å². The maximum Gasteiger partial charge on any atom is 0.260 e. The predicted molar refractivity (Wildman–Crippen MR) is 121 cm³/mol. The lowest BCUT2D eigenvalue weighted by Crippen LogP contribution is -2.18. The van der Waals surface area contributed by atoms with E-state index in [4.69, 9.17) is 18.3 Å². The summed E-state index contributed by atoms with van der Waals surface area (Å²) in [6, 6.07) is 10.7. The van der Waals surface area contributed by atoms with Crippen LogP contribution in [0.3, 0.4) is 0 Å². The molecule has 32 heavy (non-hydrogen) atoms. The molecule has 0 aliphatic carbocycles. The third-order valence-corrected chi connectivity index (χ3v) is 5.90. The van der Waals surface area contributed by atoms with E-state index in [1.54, 1.807) is 23.7 Å². The Morgan fingerprint density at radius 1 is 0.906 bits per heavy atom. The number of ether oxygens (including phenoxy) is 2. The van der Waals surface area contributed by atoms with E-state index < -0.39 is 0 Å². The van der Waals surface area contributed by atoms with Crippen LogP contribution in [0.2, 0.25) is 0 Å². The topological polar surface area (TPSA) is 96.7 Å². The molecule has 4 heterocycles. The quantitative estimate of drug-likeness (QED) is 0.302. The molecule has 0 aliphatic rings. The van der Waals surface area contributed by atoms with E-state index >= 15 is 0 Å². The minimum Gasteiger partial charge on any atom is -0.495 e. The number of methoxy groups -OCH3 is 2. The van der Waals surface area contributed by atoms with Gasteiger partial charge in [0.15, 0.2) is 11.2 Å². The van der Waals surface area contributed by atoms with E-state index in [2.05, 4.69) is 4.98 Å². The number of rotatable bonds is 2. The minimum absolute atomic E-state index is 0.0969. The molecule has 158 valence electrons. The average molecular weight is 428 g/mol. The molecule has 4 aromatic heterocycles. The number of furan rings is 1. The van der Waals surface area contributed by atoms with E-state index in [1.165, 1.54) is 20.5 Å². The van der Waals surface area contributed by atoms with Crippen molar-refractivity contribution in [2.75, 3.05) is 14.2 Å². The number of para-hydroxylation sites is 1. The van der Waals surface area contributed by atoms with Crippen molar-refractivity contribution in [2.45, 2.75) is 0 Å². The van der Waals surface area contributed by atoms with Gasteiger partial charge in [-0.25, -0.2) is 4.98 Å². The molecular formula is C24H16N2O6. The van der Waals surface area contributed by atoms with Gasteiger partial charge in [0.05, 0.1) is 47.7 Å². The normalized spacial score (nSPS) is 11.8. The SMILES string of the molecule is COc1c2occc2c(OC)c2c(=O)c3cc4c(=O)n(C)c5ccccc5c4nc3oc12. The lowest BCUT2D eigenvalue weighted by atomic mass is 10.1. The maximum atomic E-state index is 13.6. The average Bonchev–Trinajstić information content (AvgIpc) is 3.30. The van der Waals surface area contributed by atoms with Crippen LogP contribution >= 0.6 is 0 Å². The molecule has 8 nitrogen and oxygen atoms in total. The minimum atomic E-state index is -0.371. The van der Waals surface area contributed by atoms with Crippen LogP contribution in [-0.4, -0.2) is 23.8 Å². The van der Waals surface area contributed by atoms with E-state index in [9.17, 15) is 9.59 Å². The number of aromatic nitrogens is 2. The fourth-order valence-corrected chi connectivity index (χ4v) is 4.41. The molecule has 0 N–H and O–H groups in total. The van der Waals surface area contributed by atoms with E-state index in [0.717, 1.165) is 10.9 Å². The van der Waals surface area contributed by atoms with Gasteiger partial charge in [-0.3, -0.25) is 9.59 Å². The highest BCUT2D eigenvalue weighted by Crippen LogP contribution is 2.42. The van der Waals surface area contributed by atoms with Gasteiger partial charge in [0.2, 0.25) is 16.9 Å². The number of benzene rings is 2. The van der Waals surface area contributed by atoms with Gasteiger partial charge in [0, 0.05) is 12.4 Å². The van der Waals surface area contributed by atoms with E-state index in [0.29, 0.717) is 27.6 Å². The highest BCUT2D eigenvalue weighted by molar-refractivity contribution is 6.11. The van der Waals surface area contributed by atoms with Gasteiger partial charge in [0.1, 0.15) is 11.1 Å². The summed E-state index contributed by atoms with van der Waals surface area (Å²) in [7, 11) is 4.64. The van der Waals surface area contributed by atoms with Crippen LogP contribution < -0.4 is 20.5 Å². The van der Waals surface area contributed by atoms with Crippen molar-refractivity contribution in [3.8, 4) is 11.5 Å².